The van der Waals surface area contributed by atoms with E-state index in [0.717, 1.165) is 9.88 Å². The summed E-state index contributed by atoms with van der Waals surface area (Å²) in [4.78, 5) is 13.4. The number of ether oxygens (including phenoxy) is 3. The molecule has 4 aromatic rings. The van der Waals surface area contributed by atoms with Gasteiger partial charge in [0.25, 0.3) is 0 Å². The summed E-state index contributed by atoms with van der Waals surface area (Å²) >= 11 is 1.52. The van der Waals surface area contributed by atoms with E-state index >= 15 is 0 Å². The number of aromatic nitrogens is 3. The Bertz CT molecular complexity index is 1390. The Morgan fingerprint density at radius 1 is 1.14 bits per heavy atom. The average Bonchev–Trinajstić information content (AvgIpc) is 3.25. The van der Waals surface area contributed by atoms with E-state index in [-0.39, 0.29) is 17.6 Å². The number of hydrogen-bond acceptors (Lipinski definition) is 10. The highest BCUT2D eigenvalue weighted by Crippen LogP contribution is 2.29. The van der Waals surface area contributed by atoms with Crippen LogP contribution in [0.5, 0.6) is 17.2 Å². The second kappa shape index (κ2) is 10.3. The topological polar surface area (TPSA) is 128 Å². The second-order valence-corrected chi connectivity index (χ2v) is 9.44. The number of aryl methyl sites for hydroxylation is 1. The van der Waals surface area contributed by atoms with Crippen LogP contribution in [0.4, 0.5) is 16.0 Å². The number of halogens is 1. The van der Waals surface area contributed by atoms with Gasteiger partial charge in [-0.1, -0.05) is 0 Å². The van der Waals surface area contributed by atoms with Crippen molar-refractivity contribution >= 4 is 28.7 Å². The molecule has 2 aromatic heterocycles. The minimum absolute atomic E-state index is 0.118. The van der Waals surface area contributed by atoms with E-state index in [0.29, 0.717) is 54.0 Å². The van der Waals surface area contributed by atoms with Gasteiger partial charge >= 0.3 is 0 Å². The van der Waals surface area contributed by atoms with Gasteiger partial charge < -0.3 is 25.3 Å². The van der Waals surface area contributed by atoms with Crippen LogP contribution in [0, 0.1) is 18.2 Å². The van der Waals surface area contributed by atoms with Crippen molar-refractivity contribution in [3.05, 3.63) is 81.8 Å². The fourth-order valence-electron chi connectivity index (χ4n) is 3.54. The summed E-state index contributed by atoms with van der Waals surface area (Å²) in [6.07, 6.45) is 3.10. The first-order valence-electron chi connectivity index (χ1n) is 11.1. The van der Waals surface area contributed by atoms with Gasteiger partial charge in [-0.25, -0.2) is 19.3 Å². The predicted octanol–water partition coefficient (Wildman–Crippen LogP) is 4.56. The summed E-state index contributed by atoms with van der Waals surface area (Å²) in [7, 11) is 0. The molecule has 0 amide bonds. The van der Waals surface area contributed by atoms with Crippen LogP contribution in [0.25, 0.3) is 0 Å². The summed E-state index contributed by atoms with van der Waals surface area (Å²) < 4.78 is 30.9. The Morgan fingerprint density at radius 2 is 1.92 bits per heavy atom. The molecular formula is C25H23FN6O3S. The molecule has 0 bridgehead atoms. The SMILES string of the molecule is Cc1ncc(COc2cc(F)cc(Oc3ccc(C(=N)c4c(N)ncnc4NC4COC4)cc3)c2)s1. The van der Waals surface area contributed by atoms with Crippen molar-refractivity contribution in [2.45, 2.75) is 19.6 Å². The molecule has 0 atom stereocenters. The Balaban J connectivity index is 1.29. The summed E-state index contributed by atoms with van der Waals surface area (Å²) in [5.41, 5.74) is 7.26. The van der Waals surface area contributed by atoms with E-state index in [9.17, 15) is 4.39 Å². The number of nitrogens with zero attached hydrogens (tertiary/aromatic N) is 3. The largest absolute Gasteiger partial charge is 0.488 e. The van der Waals surface area contributed by atoms with Crippen LogP contribution in [0.15, 0.2) is 55.0 Å². The quantitative estimate of drug-likeness (QED) is 0.282. The van der Waals surface area contributed by atoms with E-state index in [1.54, 1.807) is 36.5 Å². The van der Waals surface area contributed by atoms with Crippen LogP contribution in [-0.4, -0.2) is 39.9 Å². The lowest BCUT2D eigenvalue weighted by Gasteiger charge is -2.28. The third-order valence-electron chi connectivity index (χ3n) is 5.38. The third kappa shape index (κ3) is 5.42. The van der Waals surface area contributed by atoms with E-state index in [2.05, 4.69) is 20.3 Å². The van der Waals surface area contributed by atoms with Gasteiger partial charge in [0, 0.05) is 30.0 Å². The molecule has 0 spiro atoms. The first-order valence-corrected chi connectivity index (χ1v) is 11.9. The van der Waals surface area contributed by atoms with Crippen LogP contribution in [-0.2, 0) is 11.3 Å². The van der Waals surface area contributed by atoms with Crippen molar-refractivity contribution in [1.29, 1.82) is 5.41 Å². The highest BCUT2D eigenvalue weighted by molar-refractivity contribution is 7.11. The minimum Gasteiger partial charge on any atom is -0.488 e. The molecule has 3 heterocycles. The molecule has 1 aliphatic heterocycles. The lowest BCUT2D eigenvalue weighted by molar-refractivity contribution is 0.0209. The van der Waals surface area contributed by atoms with Crippen molar-refractivity contribution in [2.75, 3.05) is 24.3 Å². The number of hydrogen-bond donors (Lipinski definition) is 3. The molecule has 1 fully saturated rings. The first-order chi connectivity index (χ1) is 17.4. The van der Waals surface area contributed by atoms with Crippen molar-refractivity contribution in [2.24, 2.45) is 0 Å². The molecule has 1 saturated heterocycles. The lowest BCUT2D eigenvalue weighted by atomic mass is 10.0. The van der Waals surface area contributed by atoms with Crippen molar-refractivity contribution in [1.82, 2.24) is 15.0 Å². The van der Waals surface area contributed by atoms with Gasteiger partial charge in [0.1, 0.15) is 47.6 Å². The van der Waals surface area contributed by atoms with Crippen LogP contribution >= 0.6 is 11.3 Å². The van der Waals surface area contributed by atoms with Gasteiger partial charge in [-0.15, -0.1) is 11.3 Å². The van der Waals surface area contributed by atoms with Gasteiger partial charge in [0.15, 0.2) is 0 Å². The molecule has 1 aliphatic rings. The molecule has 0 radical (unpaired) electrons. The zero-order valence-electron chi connectivity index (χ0n) is 19.3. The highest BCUT2D eigenvalue weighted by atomic mass is 32.1. The smallest absolute Gasteiger partial charge is 0.141 e. The highest BCUT2D eigenvalue weighted by Gasteiger charge is 2.23. The molecule has 0 saturated carbocycles. The monoisotopic (exact) mass is 506 g/mol. The average molecular weight is 507 g/mol. The fourth-order valence-corrected chi connectivity index (χ4v) is 4.25. The zero-order chi connectivity index (χ0) is 25.1. The normalized spacial score (nSPS) is 13.2. The standard InChI is InChI=1S/C25H23FN6O3S/c1-14-29-9-21(36-14)12-34-19-6-16(26)7-20(8-19)35-18-4-2-15(3-5-18)23(27)22-24(28)30-13-31-25(22)32-17-10-33-11-17/h2-9,13,17,27H,10-12H2,1H3,(H3,28,30,31,32). The van der Waals surface area contributed by atoms with Gasteiger partial charge in [-0.05, 0) is 31.2 Å². The Morgan fingerprint density at radius 3 is 2.61 bits per heavy atom. The molecule has 4 N–H and O–H groups in total. The van der Waals surface area contributed by atoms with Crippen LogP contribution in [0.2, 0.25) is 0 Å². The Kier molecular flexibility index (Phi) is 6.74. The fraction of sp³-hybridized carbons (Fsp3) is 0.200. The van der Waals surface area contributed by atoms with E-state index in [1.807, 2.05) is 6.92 Å². The number of nitrogens with one attached hydrogen (secondary N) is 2. The van der Waals surface area contributed by atoms with Gasteiger partial charge in [-0.3, -0.25) is 5.41 Å². The van der Waals surface area contributed by atoms with Crippen molar-refractivity contribution < 1.29 is 18.6 Å². The molecule has 11 heteroatoms. The maximum absolute atomic E-state index is 14.2. The van der Waals surface area contributed by atoms with E-state index in [4.69, 9.17) is 25.4 Å². The first kappa shape index (κ1) is 23.6. The van der Waals surface area contributed by atoms with Crippen molar-refractivity contribution in [3.8, 4) is 17.2 Å². The molecule has 2 aromatic carbocycles. The summed E-state index contributed by atoms with van der Waals surface area (Å²) in [6.45, 7) is 3.35. The number of anilines is 2. The van der Waals surface area contributed by atoms with E-state index in [1.165, 1.54) is 29.8 Å². The van der Waals surface area contributed by atoms with Crippen molar-refractivity contribution in [3.63, 3.8) is 0 Å². The number of benzene rings is 2. The maximum atomic E-state index is 14.2. The van der Waals surface area contributed by atoms with Crippen LogP contribution < -0.4 is 20.5 Å². The molecule has 184 valence electrons. The maximum Gasteiger partial charge on any atom is 0.141 e. The predicted molar refractivity (Wildman–Crippen MR) is 135 cm³/mol. The molecule has 5 rings (SSSR count). The molecule has 36 heavy (non-hydrogen) atoms. The lowest BCUT2D eigenvalue weighted by Crippen LogP contribution is -2.41. The summed E-state index contributed by atoms with van der Waals surface area (Å²) in [5, 5.41) is 12.9. The minimum atomic E-state index is -0.474. The third-order valence-corrected chi connectivity index (χ3v) is 6.27. The zero-order valence-corrected chi connectivity index (χ0v) is 20.1. The summed E-state index contributed by atoms with van der Waals surface area (Å²) in [5.74, 6) is 1.34. The molecule has 9 nitrogen and oxygen atoms in total. The van der Waals surface area contributed by atoms with Crippen LogP contribution in [0.3, 0.4) is 0 Å². The van der Waals surface area contributed by atoms with Gasteiger partial charge in [0.2, 0.25) is 0 Å². The molecule has 0 aliphatic carbocycles. The Hall–Kier alpha value is -4.09. The number of nitrogen functional groups attached to an aromatic ring is 1. The molecular weight excluding hydrogens is 483 g/mol. The number of rotatable bonds is 9. The second-order valence-electron chi connectivity index (χ2n) is 8.12. The van der Waals surface area contributed by atoms with Gasteiger partial charge in [0.05, 0.1) is 40.4 Å². The van der Waals surface area contributed by atoms with E-state index < -0.39 is 5.82 Å². The number of nitrogens with two attached hydrogens (primary N) is 1. The van der Waals surface area contributed by atoms with Crippen LogP contribution in [0.1, 0.15) is 21.0 Å². The Labute approximate surface area is 210 Å². The summed E-state index contributed by atoms with van der Waals surface area (Å²) in [6, 6.07) is 11.2. The number of thiazole rings is 1. The van der Waals surface area contributed by atoms with Gasteiger partial charge in [-0.2, -0.15) is 0 Å². The molecule has 0 unspecified atom stereocenters.